The lowest BCUT2D eigenvalue weighted by molar-refractivity contribution is -0.118. The number of ether oxygens (including phenoxy) is 1. The molecule has 0 atom stereocenters. The van der Waals surface area contributed by atoms with E-state index in [4.69, 9.17) is 4.74 Å². The zero-order chi connectivity index (χ0) is 15.5. The molecule has 6 heteroatoms. The standard InChI is InChI=1S/C16H14N2O4/c19-12-4-1-10(2-5-12)7-15(20)17-11-3-6-14-13(8-11)18-16(21)9-22-14/h1-6,8,19H,7,9H2,(H,17,20)(H,18,21). The number of nitrogens with one attached hydrogen (secondary N) is 2. The summed E-state index contributed by atoms with van der Waals surface area (Å²) < 4.78 is 5.25. The molecule has 3 N–H and O–H groups in total. The van der Waals surface area contributed by atoms with Crippen LogP contribution in [0.4, 0.5) is 11.4 Å². The molecule has 2 aromatic carbocycles. The highest BCUT2D eigenvalue weighted by Gasteiger charge is 2.16. The summed E-state index contributed by atoms with van der Waals surface area (Å²) >= 11 is 0. The second-order valence-corrected chi connectivity index (χ2v) is 4.94. The predicted molar refractivity (Wildman–Crippen MR) is 81.0 cm³/mol. The van der Waals surface area contributed by atoms with Gasteiger partial charge in [-0.3, -0.25) is 9.59 Å². The van der Waals surface area contributed by atoms with E-state index in [1.807, 2.05) is 0 Å². The summed E-state index contributed by atoms with van der Waals surface area (Å²) in [6.07, 6.45) is 0.195. The van der Waals surface area contributed by atoms with E-state index in [1.165, 1.54) is 12.1 Å². The van der Waals surface area contributed by atoms with E-state index >= 15 is 0 Å². The van der Waals surface area contributed by atoms with Gasteiger partial charge >= 0.3 is 0 Å². The van der Waals surface area contributed by atoms with Crippen LogP contribution in [0.25, 0.3) is 0 Å². The summed E-state index contributed by atoms with van der Waals surface area (Å²) in [6.45, 7) is -0.000438. The van der Waals surface area contributed by atoms with Gasteiger partial charge in [0.1, 0.15) is 11.5 Å². The summed E-state index contributed by atoms with van der Waals surface area (Å²) in [7, 11) is 0. The van der Waals surface area contributed by atoms with E-state index in [1.54, 1.807) is 30.3 Å². The Morgan fingerprint density at radius 2 is 2.00 bits per heavy atom. The van der Waals surface area contributed by atoms with Crippen molar-refractivity contribution in [2.24, 2.45) is 0 Å². The summed E-state index contributed by atoms with van der Waals surface area (Å²) in [5.74, 6) is 0.333. The second-order valence-electron chi connectivity index (χ2n) is 4.94. The van der Waals surface area contributed by atoms with E-state index in [-0.39, 0.29) is 30.6 Å². The molecule has 0 radical (unpaired) electrons. The fourth-order valence-corrected chi connectivity index (χ4v) is 2.17. The number of phenols is 1. The predicted octanol–water partition coefficient (Wildman–Crippen LogP) is 1.90. The molecule has 1 aliphatic heterocycles. The minimum atomic E-state index is -0.222. The quantitative estimate of drug-likeness (QED) is 0.807. The van der Waals surface area contributed by atoms with Crippen LogP contribution in [0.1, 0.15) is 5.56 Å². The summed E-state index contributed by atoms with van der Waals surface area (Å²) in [5.41, 5.74) is 1.91. The summed E-state index contributed by atoms with van der Waals surface area (Å²) in [6, 6.07) is 11.5. The smallest absolute Gasteiger partial charge is 0.262 e. The Bertz CT molecular complexity index is 725. The average molecular weight is 298 g/mol. The molecule has 2 aromatic rings. The first-order valence-corrected chi connectivity index (χ1v) is 6.74. The van der Waals surface area contributed by atoms with Gasteiger partial charge in [0, 0.05) is 5.69 Å². The van der Waals surface area contributed by atoms with Crippen molar-refractivity contribution in [3.8, 4) is 11.5 Å². The molecule has 22 heavy (non-hydrogen) atoms. The van der Waals surface area contributed by atoms with Gasteiger partial charge in [-0.25, -0.2) is 0 Å². The van der Waals surface area contributed by atoms with Gasteiger partial charge in [-0.2, -0.15) is 0 Å². The summed E-state index contributed by atoms with van der Waals surface area (Å²) in [4.78, 5) is 23.3. The van der Waals surface area contributed by atoms with Crippen LogP contribution >= 0.6 is 0 Å². The van der Waals surface area contributed by atoms with Crippen LogP contribution in [0.15, 0.2) is 42.5 Å². The molecule has 112 valence electrons. The molecule has 1 aliphatic rings. The van der Waals surface area contributed by atoms with Crippen molar-refractivity contribution in [3.05, 3.63) is 48.0 Å². The van der Waals surface area contributed by atoms with Gasteiger partial charge in [-0.15, -0.1) is 0 Å². The maximum absolute atomic E-state index is 12.0. The molecule has 0 spiro atoms. The highest BCUT2D eigenvalue weighted by Crippen LogP contribution is 2.30. The Labute approximate surface area is 126 Å². The Morgan fingerprint density at radius 3 is 2.77 bits per heavy atom. The molecule has 6 nitrogen and oxygen atoms in total. The molecule has 2 amide bonds. The van der Waals surface area contributed by atoms with Crippen LogP contribution in [-0.2, 0) is 16.0 Å². The largest absolute Gasteiger partial charge is 0.508 e. The lowest BCUT2D eigenvalue weighted by Gasteiger charge is -2.18. The summed E-state index contributed by atoms with van der Waals surface area (Å²) in [5, 5.41) is 14.7. The van der Waals surface area contributed by atoms with Crippen molar-refractivity contribution in [2.45, 2.75) is 6.42 Å². The zero-order valence-electron chi connectivity index (χ0n) is 11.6. The molecule has 3 rings (SSSR count). The first kappa shape index (κ1) is 13.9. The fraction of sp³-hybridized carbons (Fsp3) is 0.125. The van der Waals surface area contributed by atoms with Crippen molar-refractivity contribution >= 4 is 23.2 Å². The topological polar surface area (TPSA) is 87.7 Å². The van der Waals surface area contributed by atoms with Crippen LogP contribution in [0.3, 0.4) is 0 Å². The molecule has 1 heterocycles. The molecule has 0 bridgehead atoms. The Hall–Kier alpha value is -3.02. The van der Waals surface area contributed by atoms with Crippen LogP contribution in [0.5, 0.6) is 11.5 Å². The number of carbonyl (C=O) groups is 2. The Morgan fingerprint density at radius 1 is 1.23 bits per heavy atom. The molecule has 0 aliphatic carbocycles. The second kappa shape index (κ2) is 5.77. The number of benzene rings is 2. The van der Waals surface area contributed by atoms with Gasteiger partial charge in [0.25, 0.3) is 5.91 Å². The number of rotatable bonds is 3. The van der Waals surface area contributed by atoms with Crippen LogP contribution in [-0.4, -0.2) is 23.5 Å². The Balaban J connectivity index is 1.67. The lowest BCUT2D eigenvalue weighted by Crippen LogP contribution is -2.25. The average Bonchev–Trinajstić information content (AvgIpc) is 2.49. The van der Waals surface area contributed by atoms with Crippen molar-refractivity contribution in [1.29, 1.82) is 0 Å². The number of phenolic OH excluding ortho intramolecular Hbond substituents is 1. The molecule has 0 saturated carbocycles. The number of aromatic hydroxyl groups is 1. The first-order valence-electron chi connectivity index (χ1n) is 6.74. The van der Waals surface area contributed by atoms with E-state index in [9.17, 15) is 14.7 Å². The maximum Gasteiger partial charge on any atom is 0.262 e. The van der Waals surface area contributed by atoms with Gasteiger partial charge in [0.15, 0.2) is 6.61 Å². The van der Waals surface area contributed by atoms with Gasteiger partial charge in [-0.1, -0.05) is 12.1 Å². The molecule has 0 fully saturated rings. The molecule has 0 saturated heterocycles. The molecule has 0 unspecified atom stereocenters. The lowest BCUT2D eigenvalue weighted by atomic mass is 10.1. The van der Waals surface area contributed by atoms with E-state index in [0.717, 1.165) is 5.56 Å². The van der Waals surface area contributed by atoms with Gasteiger partial charge in [-0.05, 0) is 35.9 Å². The maximum atomic E-state index is 12.0. The number of hydrogen-bond donors (Lipinski definition) is 3. The van der Waals surface area contributed by atoms with Gasteiger partial charge in [0.2, 0.25) is 5.91 Å². The number of hydrogen-bond acceptors (Lipinski definition) is 4. The van der Waals surface area contributed by atoms with Crippen LogP contribution < -0.4 is 15.4 Å². The minimum absolute atomic E-state index is 0.000438. The van der Waals surface area contributed by atoms with E-state index in [0.29, 0.717) is 17.1 Å². The highest BCUT2D eigenvalue weighted by atomic mass is 16.5. The van der Waals surface area contributed by atoms with Crippen molar-refractivity contribution in [2.75, 3.05) is 17.2 Å². The third-order valence-electron chi connectivity index (χ3n) is 3.20. The molecular formula is C16H14N2O4. The SMILES string of the molecule is O=C(Cc1ccc(O)cc1)Nc1ccc2c(c1)NC(=O)CO2. The van der Waals surface area contributed by atoms with Gasteiger partial charge < -0.3 is 20.5 Å². The fourth-order valence-electron chi connectivity index (χ4n) is 2.17. The highest BCUT2D eigenvalue weighted by molar-refractivity contribution is 5.98. The number of carbonyl (C=O) groups excluding carboxylic acids is 2. The Kier molecular flexibility index (Phi) is 3.65. The van der Waals surface area contributed by atoms with Crippen molar-refractivity contribution in [1.82, 2.24) is 0 Å². The van der Waals surface area contributed by atoms with Crippen molar-refractivity contribution < 1.29 is 19.4 Å². The number of anilines is 2. The minimum Gasteiger partial charge on any atom is -0.508 e. The number of amides is 2. The molecular weight excluding hydrogens is 284 g/mol. The first-order chi connectivity index (χ1) is 10.6. The van der Waals surface area contributed by atoms with Gasteiger partial charge in [0.05, 0.1) is 12.1 Å². The third kappa shape index (κ3) is 3.17. The van der Waals surface area contributed by atoms with E-state index in [2.05, 4.69) is 10.6 Å². The zero-order valence-corrected chi connectivity index (χ0v) is 11.6. The number of fused-ring (bicyclic) bond motifs is 1. The van der Waals surface area contributed by atoms with Crippen LogP contribution in [0, 0.1) is 0 Å². The molecule has 0 aromatic heterocycles. The van der Waals surface area contributed by atoms with Crippen molar-refractivity contribution in [3.63, 3.8) is 0 Å². The normalized spacial score (nSPS) is 12.8. The monoisotopic (exact) mass is 298 g/mol. The third-order valence-corrected chi connectivity index (χ3v) is 3.20. The van der Waals surface area contributed by atoms with Crippen LogP contribution in [0.2, 0.25) is 0 Å². The van der Waals surface area contributed by atoms with E-state index < -0.39 is 0 Å².